The average Bonchev–Trinajstić information content (AvgIpc) is 2.15. The second kappa shape index (κ2) is 5.63. The molecule has 4 heteroatoms. The zero-order chi connectivity index (χ0) is 10.3. The van der Waals surface area contributed by atoms with Gasteiger partial charge in [0.2, 0.25) is 6.30 Å². The van der Waals surface area contributed by atoms with Gasteiger partial charge in [-0.3, -0.25) is 0 Å². The number of rotatable bonds is 5. The predicted molar refractivity (Wildman–Crippen MR) is 49.0 cm³/mol. The molecule has 0 saturated heterocycles. The summed E-state index contributed by atoms with van der Waals surface area (Å²) in [6.45, 7) is 5.36. The number of nitriles is 1. The van der Waals surface area contributed by atoms with Crippen LogP contribution in [0.1, 0.15) is 40.0 Å². The monoisotopic (exact) mass is 185 g/mol. The van der Waals surface area contributed by atoms with Gasteiger partial charge in [0.15, 0.2) is 5.54 Å². The lowest BCUT2D eigenvalue weighted by Crippen LogP contribution is -2.17. The number of hydrogen-bond acceptors (Lipinski definition) is 3. The number of halogens is 1. The normalized spacial score (nSPS) is 18.1. The van der Waals surface area contributed by atoms with E-state index in [1.165, 1.54) is 0 Å². The molecule has 0 spiro atoms. The summed E-state index contributed by atoms with van der Waals surface area (Å²) in [5.41, 5.74) is -0.863. The number of nitrogens with zero attached hydrogens (tertiary/aromatic N) is 3. The van der Waals surface area contributed by atoms with Gasteiger partial charge < -0.3 is 0 Å². The van der Waals surface area contributed by atoms with Crippen LogP contribution in [0.5, 0.6) is 0 Å². The molecule has 0 aliphatic heterocycles. The summed E-state index contributed by atoms with van der Waals surface area (Å²) < 4.78 is 12.8. The van der Waals surface area contributed by atoms with Gasteiger partial charge in [-0.1, -0.05) is 20.3 Å². The Balaban J connectivity index is 4.16. The highest BCUT2D eigenvalue weighted by Crippen LogP contribution is 2.15. The fourth-order valence-electron chi connectivity index (χ4n) is 0.658. The summed E-state index contributed by atoms with van der Waals surface area (Å²) in [7, 11) is 0. The number of azo groups is 1. The minimum atomic E-state index is -1.26. The van der Waals surface area contributed by atoms with Gasteiger partial charge in [0.1, 0.15) is 0 Å². The Morgan fingerprint density at radius 2 is 2.15 bits per heavy atom. The van der Waals surface area contributed by atoms with Gasteiger partial charge in [0.05, 0.1) is 6.07 Å². The topological polar surface area (TPSA) is 48.5 Å². The Bertz CT molecular complexity index is 209. The molecule has 2 unspecified atom stereocenters. The van der Waals surface area contributed by atoms with Crippen LogP contribution in [-0.4, -0.2) is 11.8 Å². The second-order valence-electron chi connectivity index (χ2n) is 3.18. The quantitative estimate of drug-likeness (QED) is 0.479. The maximum atomic E-state index is 12.8. The Labute approximate surface area is 78.7 Å². The molecule has 74 valence electrons. The lowest BCUT2D eigenvalue weighted by Gasteiger charge is -2.11. The van der Waals surface area contributed by atoms with Gasteiger partial charge in [-0.15, -0.1) is 0 Å². The summed E-state index contributed by atoms with van der Waals surface area (Å²) in [6.07, 6.45) is 0.389. The third kappa shape index (κ3) is 4.56. The van der Waals surface area contributed by atoms with Crippen LogP contribution in [0, 0.1) is 11.3 Å². The highest BCUT2D eigenvalue weighted by molar-refractivity contribution is 5.01. The first-order chi connectivity index (χ1) is 6.08. The van der Waals surface area contributed by atoms with Gasteiger partial charge >= 0.3 is 0 Å². The van der Waals surface area contributed by atoms with Crippen LogP contribution in [0.15, 0.2) is 10.2 Å². The molecule has 0 aliphatic rings. The highest BCUT2D eigenvalue weighted by atomic mass is 19.1. The van der Waals surface area contributed by atoms with E-state index in [2.05, 4.69) is 10.2 Å². The molecule has 0 fully saturated rings. The molecule has 2 atom stereocenters. The lowest BCUT2D eigenvalue weighted by atomic mass is 10.0. The van der Waals surface area contributed by atoms with E-state index in [9.17, 15) is 4.39 Å². The Morgan fingerprint density at radius 1 is 1.54 bits per heavy atom. The zero-order valence-electron chi connectivity index (χ0n) is 8.42. The molecule has 13 heavy (non-hydrogen) atoms. The van der Waals surface area contributed by atoms with Crippen LogP contribution in [0.4, 0.5) is 4.39 Å². The van der Waals surface area contributed by atoms with Crippen molar-refractivity contribution in [2.24, 2.45) is 10.2 Å². The summed E-state index contributed by atoms with van der Waals surface area (Å²) in [5, 5.41) is 15.9. The van der Waals surface area contributed by atoms with Crippen molar-refractivity contribution in [3.05, 3.63) is 0 Å². The van der Waals surface area contributed by atoms with Crippen LogP contribution in [0.25, 0.3) is 0 Å². The van der Waals surface area contributed by atoms with Crippen molar-refractivity contribution in [2.75, 3.05) is 0 Å². The van der Waals surface area contributed by atoms with Crippen LogP contribution in [0.2, 0.25) is 0 Å². The van der Waals surface area contributed by atoms with E-state index in [-0.39, 0.29) is 0 Å². The number of alkyl halides is 1. The van der Waals surface area contributed by atoms with Gasteiger partial charge in [0, 0.05) is 6.42 Å². The van der Waals surface area contributed by atoms with Gasteiger partial charge in [-0.2, -0.15) is 15.5 Å². The standard InChI is InChI=1S/C9H16FN3/c1-4-6-8(10)12-13-9(3,5-2)7-11/h8H,4-6H2,1-3H3. The molecule has 0 amide bonds. The lowest BCUT2D eigenvalue weighted by molar-refractivity contribution is 0.301. The van der Waals surface area contributed by atoms with Crippen molar-refractivity contribution in [3.8, 4) is 6.07 Å². The first-order valence-electron chi connectivity index (χ1n) is 4.55. The first kappa shape index (κ1) is 12.0. The fourth-order valence-corrected chi connectivity index (χ4v) is 0.658. The van der Waals surface area contributed by atoms with Gasteiger partial charge in [-0.05, 0) is 13.3 Å². The molecule has 0 saturated carbocycles. The van der Waals surface area contributed by atoms with E-state index >= 15 is 0 Å². The Kier molecular flexibility index (Phi) is 5.20. The van der Waals surface area contributed by atoms with Crippen molar-refractivity contribution in [2.45, 2.75) is 51.9 Å². The number of hydrogen-bond donors (Lipinski definition) is 0. The van der Waals surface area contributed by atoms with Crippen molar-refractivity contribution in [1.82, 2.24) is 0 Å². The summed E-state index contributed by atoms with van der Waals surface area (Å²) in [6, 6.07) is 2.00. The smallest absolute Gasteiger partial charge is 0.209 e. The fraction of sp³-hybridized carbons (Fsp3) is 0.889. The van der Waals surface area contributed by atoms with Crippen molar-refractivity contribution in [1.29, 1.82) is 5.26 Å². The van der Waals surface area contributed by atoms with Crippen LogP contribution in [0.3, 0.4) is 0 Å². The van der Waals surface area contributed by atoms with E-state index in [0.717, 1.165) is 6.42 Å². The summed E-state index contributed by atoms with van der Waals surface area (Å²) >= 11 is 0. The predicted octanol–water partition coefficient (Wildman–Crippen LogP) is 3.23. The van der Waals surface area contributed by atoms with E-state index in [1.807, 2.05) is 19.9 Å². The zero-order valence-corrected chi connectivity index (χ0v) is 8.42. The third-order valence-electron chi connectivity index (χ3n) is 1.86. The van der Waals surface area contributed by atoms with Crippen LogP contribution < -0.4 is 0 Å². The largest absolute Gasteiger partial charge is 0.220 e. The first-order valence-corrected chi connectivity index (χ1v) is 4.55. The van der Waals surface area contributed by atoms with E-state index in [0.29, 0.717) is 12.8 Å². The van der Waals surface area contributed by atoms with Crippen molar-refractivity contribution >= 4 is 0 Å². The molecule has 0 bridgehead atoms. The minimum Gasteiger partial charge on any atom is -0.220 e. The highest BCUT2D eigenvalue weighted by Gasteiger charge is 2.20. The third-order valence-corrected chi connectivity index (χ3v) is 1.86. The molecular formula is C9H16FN3. The maximum absolute atomic E-state index is 12.8. The maximum Gasteiger partial charge on any atom is 0.209 e. The minimum absolute atomic E-state index is 0.370. The molecule has 0 aromatic heterocycles. The Morgan fingerprint density at radius 3 is 2.54 bits per heavy atom. The summed E-state index contributed by atoms with van der Waals surface area (Å²) in [5.74, 6) is 0. The molecule has 0 rings (SSSR count). The van der Waals surface area contributed by atoms with Crippen LogP contribution in [-0.2, 0) is 0 Å². The van der Waals surface area contributed by atoms with Crippen molar-refractivity contribution < 1.29 is 4.39 Å². The average molecular weight is 185 g/mol. The SMILES string of the molecule is CCCC(F)N=NC(C)(C#N)CC. The molecule has 0 aromatic rings. The van der Waals surface area contributed by atoms with Gasteiger partial charge in [0.25, 0.3) is 0 Å². The summed E-state index contributed by atoms with van der Waals surface area (Å²) in [4.78, 5) is 0. The Hall–Kier alpha value is -0.980. The molecule has 0 N–H and O–H groups in total. The molecule has 0 aliphatic carbocycles. The second-order valence-corrected chi connectivity index (χ2v) is 3.18. The molecule has 3 nitrogen and oxygen atoms in total. The van der Waals surface area contributed by atoms with E-state index < -0.39 is 11.8 Å². The molecule has 0 aromatic carbocycles. The van der Waals surface area contributed by atoms with Gasteiger partial charge in [-0.25, -0.2) is 4.39 Å². The molecular weight excluding hydrogens is 169 g/mol. The van der Waals surface area contributed by atoms with Crippen molar-refractivity contribution in [3.63, 3.8) is 0 Å². The van der Waals surface area contributed by atoms with E-state index in [4.69, 9.17) is 5.26 Å². The van der Waals surface area contributed by atoms with Crippen LogP contribution >= 0.6 is 0 Å². The van der Waals surface area contributed by atoms with E-state index in [1.54, 1.807) is 6.92 Å². The molecule has 0 radical (unpaired) electrons. The molecule has 0 heterocycles.